The van der Waals surface area contributed by atoms with Crippen molar-refractivity contribution in [2.24, 2.45) is 0 Å². The van der Waals surface area contributed by atoms with Crippen LogP contribution in [0.3, 0.4) is 0 Å². The summed E-state index contributed by atoms with van der Waals surface area (Å²) in [6, 6.07) is 15.5. The highest BCUT2D eigenvalue weighted by Gasteiger charge is 2.31. The smallest absolute Gasteiger partial charge is 0.224 e. The number of aliphatic hydroxyl groups excluding tert-OH is 1. The number of benzene rings is 2. The van der Waals surface area contributed by atoms with Gasteiger partial charge in [0.25, 0.3) is 0 Å². The molecule has 0 unspecified atom stereocenters. The quantitative estimate of drug-likeness (QED) is 0.907. The second-order valence-corrected chi connectivity index (χ2v) is 5.68. The van der Waals surface area contributed by atoms with Crippen LogP contribution in [0.15, 0.2) is 48.5 Å². The molecule has 108 valence electrons. The molecule has 0 bridgehead atoms. The molecule has 2 N–H and O–H groups in total. The summed E-state index contributed by atoms with van der Waals surface area (Å²) in [6.45, 7) is 2.01. The summed E-state index contributed by atoms with van der Waals surface area (Å²) >= 11 is 0. The first kappa shape index (κ1) is 13.8. The zero-order valence-electron chi connectivity index (χ0n) is 12.0. The fraction of sp³-hybridized carbons (Fsp3) is 0.278. The van der Waals surface area contributed by atoms with Crippen LogP contribution in [0.25, 0.3) is 0 Å². The number of nitrogens with one attached hydrogen (secondary N) is 1. The molecule has 0 saturated heterocycles. The van der Waals surface area contributed by atoms with Crippen molar-refractivity contribution >= 4 is 5.91 Å². The van der Waals surface area contributed by atoms with Crippen molar-refractivity contribution in [3.8, 4) is 0 Å². The number of fused-ring (bicyclic) bond motifs is 1. The molecule has 1 aliphatic rings. The topological polar surface area (TPSA) is 49.3 Å². The Balaban J connectivity index is 1.70. The van der Waals surface area contributed by atoms with E-state index in [-0.39, 0.29) is 11.9 Å². The van der Waals surface area contributed by atoms with Crippen molar-refractivity contribution in [1.29, 1.82) is 0 Å². The SMILES string of the molecule is Cc1cccc(CC(=O)N[C@H]2c3ccccc3C[C@H]2O)c1. The maximum Gasteiger partial charge on any atom is 0.224 e. The maximum absolute atomic E-state index is 12.2. The van der Waals surface area contributed by atoms with Crippen molar-refractivity contribution in [2.75, 3.05) is 0 Å². The number of hydrogen-bond acceptors (Lipinski definition) is 2. The van der Waals surface area contributed by atoms with Crippen LogP contribution < -0.4 is 5.32 Å². The lowest BCUT2D eigenvalue weighted by molar-refractivity contribution is -0.121. The Labute approximate surface area is 124 Å². The summed E-state index contributed by atoms with van der Waals surface area (Å²) in [4.78, 5) is 12.2. The molecule has 1 amide bonds. The summed E-state index contributed by atoms with van der Waals surface area (Å²) in [7, 11) is 0. The van der Waals surface area contributed by atoms with Gasteiger partial charge in [0, 0.05) is 6.42 Å². The monoisotopic (exact) mass is 281 g/mol. The Hall–Kier alpha value is -2.13. The predicted molar refractivity (Wildman–Crippen MR) is 81.9 cm³/mol. The average molecular weight is 281 g/mol. The highest BCUT2D eigenvalue weighted by atomic mass is 16.3. The van der Waals surface area contributed by atoms with Gasteiger partial charge < -0.3 is 10.4 Å². The second-order valence-electron chi connectivity index (χ2n) is 5.68. The molecule has 3 nitrogen and oxygen atoms in total. The van der Waals surface area contributed by atoms with Crippen molar-refractivity contribution in [1.82, 2.24) is 5.32 Å². The number of carbonyl (C=O) groups is 1. The fourth-order valence-electron chi connectivity index (χ4n) is 2.98. The molecule has 0 saturated carbocycles. The lowest BCUT2D eigenvalue weighted by atomic mass is 10.1. The molecule has 0 aromatic heterocycles. The van der Waals surface area contributed by atoms with E-state index in [1.165, 1.54) is 0 Å². The van der Waals surface area contributed by atoms with Crippen LogP contribution in [0, 0.1) is 6.92 Å². The third-order valence-corrected chi connectivity index (χ3v) is 3.97. The van der Waals surface area contributed by atoms with Gasteiger partial charge in [0.2, 0.25) is 5.91 Å². The Morgan fingerprint density at radius 1 is 1.24 bits per heavy atom. The number of rotatable bonds is 3. The zero-order chi connectivity index (χ0) is 14.8. The normalized spacial score (nSPS) is 20.1. The Morgan fingerprint density at radius 3 is 2.86 bits per heavy atom. The van der Waals surface area contributed by atoms with E-state index >= 15 is 0 Å². The third kappa shape index (κ3) is 2.98. The van der Waals surface area contributed by atoms with Gasteiger partial charge in [-0.2, -0.15) is 0 Å². The molecule has 3 rings (SSSR count). The van der Waals surface area contributed by atoms with Gasteiger partial charge in [0.15, 0.2) is 0 Å². The molecule has 0 heterocycles. The van der Waals surface area contributed by atoms with Crippen molar-refractivity contribution in [3.63, 3.8) is 0 Å². The minimum Gasteiger partial charge on any atom is -0.390 e. The van der Waals surface area contributed by atoms with Gasteiger partial charge in [-0.05, 0) is 23.6 Å². The molecule has 0 radical (unpaired) electrons. The first-order chi connectivity index (χ1) is 10.1. The Bertz CT molecular complexity index is 666. The van der Waals surface area contributed by atoms with Crippen LogP contribution >= 0.6 is 0 Å². The lowest BCUT2D eigenvalue weighted by Crippen LogP contribution is -2.34. The molecular formula is C18H19NO2. The Morgan fingerprint density at radius 2 is 2.05 bits per heavy atom. The van der Waals surface area contributed by atoms with Crippen LogP contribution in [0.2, 0.25) is 0 Å². The Kier molecular flexibility index (Phi) is 3.76. The van der Waals surface area contributed by atoms with Gasteiger partial charge >= 0.3 is 0 Å². The van der Waals surface area contributed by atoms with E-state index in [1.54, 1.807) is 0 Å². The van der Waals surface area contributed by atoms with Crippen molar-refractivity contribution in [2.45, 2.75) is 31.9 Å². The van der Waals surface area contributed by atoms with Gasteiger partial charge in [0.1, 0.15) is 0 Å². The third-order valence-electron chi connectivity index (χ3n) is 3.97. The second kappa shape index (κ2) is 5.70. The molecule has 0 spiro atoms. The van der Waals surface area contributed by atoms with Gasteiger partial charge in [-0.3, -0.25) is 4.79 Å². The van der Waals surface area contributed by atoms with E-state index in [1.807, 2.05) is 55.5 Å². The summed E-state index contributed by atoms with van der Waals surface area (Å²) in [5.74, 6) is -0.0543. The number of aryl methyl sites for hydroxylation is 1. The molecule has 0 fully saturated rings. The van der Waals surface area contributed by atoms with Gasteiger partial charge in [-0.1, -0.05) is 54.1 Å². The number of hydrogen-bond donors (Lipinski definition) is 2. The molecule has 0 aliphatic heterocycles. The maximum atomic E-state index is 12.2. The summed E-state index contributed by atoms with van der Waals surface area (Å²) in [5.41, 5.74) is 4.29. The summed E-state index contributed by atoms with van der Waals surface area (Å²) in [6.07, 6.45) is 0.405. The van der Waals surface area contributed by atoms with Crippen LogP contribution in [0.1, 0.15) is 28.3 Å². The van der Waals surface area contributed by atoms with E-state index in [9.17, 15) is 9.90 Å². The molecular weight excluding hydrogens is 262 g/mol. The molecule has 2 aromatic carbocycles. The van der Waals surface area contributed by atoms with Crippen LogP contribution in [-0.2, 0) is 17.6 Å². The van der Waals surface area contributed by atoms with Crippen LogP contribution in [-0.4, -0.2) is 17.1 Å². The molecule has 1 aliphatic carbocycles. The van der Waals surface area contributed by atoms with E-state index in [0.717, 1.165) is 22.3 Å². The molecule has 3 heteroatoms. The van der Waals surface area contributed by atoms with E-state index < -0.39 is 6.10 Å². The first-order valence-corrected chi connectivity index (χ1v) is 7.24. The standard InChI is InChI=1S/C18H19NO2/c1-12-5-4-6-13(9-12)10-17(21)19-18-15-8-3-2-7-14(15)11-16(18)20/h2-9,16,18,20H,10-11H2,1H3,(H,19,21)/t16-,18+/m1/s1. The number of carbonyl (C=O) groups excluding carboxylic acids is 1. The van der Waals surface area contributed by atoms with Crippen LogP contribution in [0.4, 0.5) is 0 Å². The molecule has 21 heavy (non-hydrogen) atoms. The predicted octanol–water partition coefficient (Wildman–Crippen LogP) is 2.31. The number of amides is 1. The first-order valence-electron chi connectivity index (χ1n) is 7.24. The molecule has 2 aromatic rings. The fourth-order valence-corrected chi connectivity index (χ4v) is 2.98. The summed E-state index contributed by atoms with van der Waals surface area (Å²) < 4.78 is 0. The zero-order valence-corrected chi connectivity index (χ0v) is 12.0. The molecule has 2 atom stereocenters. The van der Waals surface area contributed by atoms with Gasteiger partial charge in [-0.25, -0.2) is 0 Å². The highest BCUT2D eigenvalue weighted by Crippen LogP contribution is 2.31. The van der Waals surface area contributed by atoms with Gasteiger partial charge in [-0.15, -0.1) is 0 Å². The van der Waals surface area contributed by atoms with Gasteiger partial charge in [0.05, 0.1) is 18.6 Å². The minimum atomic E-state index is -0.538. The lowest BCUT2D eigenvalue weighted by Gasteiger charge is -2.18. The van der Waals surface area contributed by atoms with E-state index in [2.05, 4.69) is 5.32 Å². The van der Waals surface area contributed by atoms with Crippen LogP contribution in [0.5, 0.6) is 0 Å². The average Bonchev–Trinajstić information content (AvgIpc) is 2.75. The largest absolute Gasteiger partial charge is 0.390 e. The van der Waals surface area contributed by atoms with Crippen molar-refractivity contribution in [3.05, 3.63) is 70.8 Å². The minimum absolute atomic E-state index is 0.0543. The highest BCUT2D eigenvalue weighted by molar-refractivity contribution is 5.79. The van der Waals surface area contributed by atoms with Crippen molar-refractivity contribution < 1.29 is 9.90 Å². The summed E-state index contributed by atoms with van der Waals surface area (Å²) in [5, 5.41) is 13.1. The van der Waals surface area contributed by atoms with E-state index in [0.29, 0.717) is 12.8 Å². The number of aliphatic hydroxyl groups is 1. The van der Waals surface area contributed by atoms with E-state index in [4.69, 9.17) is 0 Å².